The summed E-state index contributed by atoms with van der Waals surface area (Å²) in [5.74, 6) is 0.618. The first kappa shape index (κ1) is 17.1. The molecule has 1 aromatic rings. The van der Waals surface area contributed by atoms with Crippen molar-refractivity contribution in [2.45, 2.75) is 25.8 Å². The predicted molar refractivity (Wildman–Crippen MR) is 85.5 cm³/mol. The summed E-state index contributed by atoms with van der Waals surface area (Å²) >= 11 is 12.2. The van der Waals surface area contributed by atoms with Crippen LogP contribution in [-0.4, -0.2) is 24.5 Å². The van der Waals surface area contributed by atoms with Crippen molar-refractivity contribution in [1.29, 1.82) is 0 Å². The summed E-state index contributed by atoms with van der Waals surface area (Å²) in [5.41, 5.74) is 6.94. The van der Waals surface area contributed by atoms with Crippen molar-refractivity contribution in [2.75, 3.05) is 19.6 Å². The lowest BCUT2D eigenvalue weighted by Crippen LogP contribution is -2.39. The Hall–Kier alpha value is 0.01000. The maximum absolute atomic E-state index is 6.28. The van der Waals surface area contributed by atoms with E-state index in [2.05, 4.69) is 11.8 Å². The molecule has 2 rings (SSSR count). The SMILES string of the molecule is CC(c1ccc(Cl)cc1Cl)N1CCCC(CN)C1.Cl. The summed E-state index contributed by atoms with van der Waals surface area (Å²) < 4.78 is 0. The highest BCUT2D eigenvalue weighted by Crippen LogP contribution is 2.32. The van der Waals surface area contributed by atoms with E-state index in [0.29, 0.717) is 17.0 Å². The summed E-state index contributed by atoms with van der Waals surface area (Å²) in [7, 11) is 0. The van der Waals surface area contributed by atoms with Gasteiger partial charge >= 0.3 is 0 Å². The fourth-order valence-electron chi connectivity index (χ4n) is 2.68. The largest absolute Gasteiger partial charge is 0.330 e. The number of rotatable bonds is 3. The lowest BCUT2D eigenvalue weighted by molar-refractivity contribution is 0.134. The van der Waals surface area contributed by atoms with Crippen LogP contribution in [0, 0.1) is 5.92 Å². The topological polar surface area (TPSA) is 29.3 Å². The van der Waals surface area contributed by atoms with Gasteiger partial charge in [0.05, 0.1) is 0 Å². The van der Waals surface area contributed by atoms with E-state index in [1.54, 1.807) is 0 Å². The summed E-state index contributed by atoms with van der Waals surface area (Å²) in [6.07, 6.45) is 2.46. The van der Waals surface area contributed by atoms with Gasteiger partial charge in [0.2, 0.25) is 0 Å². The Balaban J connectivity index is 0.00000180. The molecule has 1 aromatic carbocycles. The van der Waals surface area contributed by atoms with Crippen LogP contribution in [0.4, 0.5) is 0 Å². The highest BCUT2D eigenvalue weighted by Gasteiger charge is 2.24. The number of nitrogens with two attached hydrogens (primary N) is 1. The Morgan fingerprint density at radius 3 is 2.79 bits per heavy atom. The second-order valence-electron chi connectivity index (χ2n) is 5.08. The molecule has 1 aliphatic heterocycles. The summed E-state index contributed by atoms with van der Waals surface area (Å²) in [6, 6.07) is 6.08. The minimum absolute atomic E-state index is 0. The molecule has 19 heavy (non-hydrogen) atoms. The minimum atomic E-state index is 0. The third kappa shape index (κ3) is 4.24. The Morgan fingerprint density at radius 2 is 2.16 bits per heavy atom. The quantitative estimate of drug-likeness (QED) is 0.905. The van der Waals surface area contributed by atoms with E-state index in [-0.39, 0.29) is 12.4 Å². The predicted octanol–water partition coefficient (Wildman–Crippen LogP) is 4.15. The van der Waals surface area contributed by atoms with E-state index in [4.69, 9.17) is 28.9 Å². The molecule has 5 heteroatoms. The van der Waals surface area contributed by atoms with Crippen LogP contribution in [0.1, 0.15) is 31.4 Å². The molecule has 0 aliphatic carbocycles. The van der Waals surface area contributed by atoms with Crippen molar-refractivity contribution < 1.29 is 0 Å². The zero-order valence-corrected chi connectivity index (χ0v) is 13.4. The number of halogens is 3. The zero-order valence-electron chi connectivity index (χ0n) is 11.1. The van der Waals surface area contributed by atoms with Gasteiger partial charge < -0.3 is 5.73 Å². The van der Waals surface area contributed by atoms with Crippen LogP contribution in [0.5, 0.6) is 0 Å². The van der Waals surface area contributed by atoms with Crippen LogP contribution in [0.3, 0.4) is 0 Å². The molecule has 0 saturated carbocycles. The van der Waals surface area contributed by atoms with Crippen LogP contribution in [0.25, 0.3) is 0 Å². The summed E-state index contributed by atoms with van der Waals surface area (Å²) in [6.45, 7) is 5.17. The van der Waals surface area contributed by atoms with Gasteiger partial charge in [-0.25, -0.2) is 0 Å². The Bertz CT molecular complexity index is 412. The monoisotopic (exact) mass is 322 g/mol. The Morgan fingerprint density at radius 1 is 1.42 bits per heavy atom. The Kier molecular flexibility index (Phi) is 6.92. The van der Waals surface area contributed by atoms with Gasteiger partial charge in [-0.15, -0.1) is 12.4 Å². The van der Waals surface area contributed by atoms with Gasteiger partial charge in [0, 0.05) is 22.6 Å². The van der Waals surface area contributed by atoms with Crippen LogP contribution in [-0.2, 0) is 0 Å². The highest BCUT2D eigenvalue weighted by molar-refractivity contribution is 6.35. The average molecular weight is 324 g/mol. The van der Waals surface area contributed by atoms with Gasteiger partial charge in [0.1, 0.15) is 0 Å². The summed E-state index contributed by atoms with van der Waals surface area (Å²) in [5, 5.41) is 1.44. The lowest BCUT2D eigenvalue weighted by atomic mass is 9.95. The van der Waals surface area contributed by atoms with Gasteiger partial charge in [-0.1, -0.05) is 29.3 Å². The van der Waals surface area contributed by atoms with Crippen molar-refractivity contribution in [3.8, 4) is 0 Å². The second-order valence-corrected chi connectivity index (χ2v) is 5.92. The average Bonchev–Trinajstić information content (AvgIpc) is 2.38. The number of piperidine rings is 1. The first-order valence-corrected chi connectivity index (χ1v) is 7.26. The molecule has 1 aliphatic rings. The molecule has 0 bridgehead atoms. The van der Waals surface area contributed by atoms with E-state index < -0.39 is 0 Å². The number of benzene rings is 1. The first-order valence-electron chi connectivity index (χ1n) is 6.51. The second kappa shape index (κ2) is 7.70. The van der Waals surface area contributed by atoms with E-state index >= 15 is 0 Å². The molecule has 2 nitrogen and oxygen atoms in total. The van der Waals surface area contributed by atoms with Crippen molar-refractivity contribution in [3.63, 3.8) is 0 Å². The van der Waals surface area contributed by atoms with Crippen molar-refractivity contribution in [3.05, 3.63) is 33.8 Å². The van der Waals surface area contributed by atoms with Gasteiger partial charge in [-0.05, 0) is 56.5 Å². The Labute approximate surface area is 131 Å². The molecule has 2 N–H and O–H groups in total. The minimum Gasteiger partial charge on any atom is -0.330 e. The molecular formula is C14H21Cl3N2. The number of hydrogen-bond acceptors (Lipinski definition) is 2. The number of hydrogen-bond donors (Lipinski definition) is 1. The molecule has 1 fully saturated rings. The van der Waals surface area contributed by atoms with Crippen LogP contribution in [0.15, 0.2) is 18.2 Å². The van der Waals surface area contributed by atoms with Gasteiger partial charge in [0.25, 0.3) is 0 Å². The first-order chi connectivity index (χ1) is 8.61. The van der Waals surface area contributed by atoms with Crippen LogP contribution in [0.2, 0.25) is 10.0 Å². The van der Waals surface area contributed by atoms with Gasteiger partial charge in [-0.3, -0.25) is 4.90 Å². The molecule has 2 atom stereocenters. The smallest absolute Gasteiger partial charge is 0.0468 e. The van der Waals surface area contributed by atoms with Crippen LogP contribution < -0.4 is 5.73 Å². The number of nitrogens with zero attached hydrogens (tertiary/aromatic N) is 1. The zero-order chi connectivity index (χ0) is 13.1. The molecule has 0 spiro atoms. The van der Waals surface area contributed by atoms with E-state index in [1.165, 1.54) is 12.8 Å². The molecule has 1 saturated heterocycles. The maximum Gasteiger partial charge on any atom is 0.0468 e. The van der Waals surface area contributed by atoms with E-state index in [1.807, 2.05) is 18.2 Å². The maximum atomic E-state index is 6.28. The molecule has 2 unspecified atom stereocenters. The van der Waals surface area contributed by atoms with Crippen molar-refractivity contribution in [1.82, 2.24) is 4.90 Å². The molecule has 1 heterocycles. The van der Waals surface area contributed by atoms with Gasteiger partial charge in [0.15, 0.2) is 0 Å². The fourth-order valence-corrected chi connectivity index (χ4v) is 3.24. The van der Waals surface area contributed by atoms with E-state index in [0.717, 1.165) is 30.2 Å². The van der Waals surface area contributed by atoms with Crippen LogP contribution >= 0.6 is 35.6 Å². The molecular weight excluding hydrogens is 303 g/mol. The van der Waals surface area contributed by atoms with Gasteiger partial charge in [-0.2, -0.15) is 0 Å². The molecule has 0 amide bonds. The molecule has 0 aromatic heterocycles. The lowest BCUT2D eigenvalue weighted by Gasteiger charge is -2.37. The summed E-state index contributed by atoms with van der Waals surface area (Å²) in [4.78, 5) is 2.47. The third-order valence-corrected chi connectivity index (χ3v) is 4.41. The molecule has 0 radical (unpaired) electrons. The number of likely N-dealkylation sites (tertiary alicyclic amines) is 1. The normalized spacial score (nSPS) is 21.8. The van der Waals surface area contributed by atoms with Crippen molar-refractivity contribution >= 4 is 35.6 Å². The standard InChI is InChI=1S/C14H20Cl2N2.ClH/c1-10(13-5-4-12(15)7-14(13)16)18-6-2-3-11(8-17)9-18;/h4-5,7,10-11H,2-3,6,8-9,17H2,1H3;1H. The van der Waals surface area contributed by atoms with Crippen molar-refractivity contribution in [2.24, 2.45) is 11.7 Å². The highest BCUT2D eigenvalue weighted by atomic mass is 35.5. The third-order valence-electron chi connectivity index (χ3n) is 3.84. The van der Waals surface area contributed by atoms with E-state index in [9.17, 15) is 0 Å². The molecule has 108 valence electrons. The fraction of sp³-hybridized carbons (Fsp3) is 0.571.